The molecule has 1 unspecified atom stereocenters. The van der Waals surface area contributed by atoms with Crippen molar-refractivity contribution >= 4 is 23.4 Å². The zero-order valence-electron chi connectivity index (χ0n) is 12.9. The highest BCUT2D eigenvalue weighted by Crippen LogP contribution is 2.39. The molecule has 1 aromatic rings. The number of carbonyl (C=O) groups excluding carboxylic acids is 2. The fourth-order valence-corrected chi connectivity index (χ4v) is 3.54. The molecule has 1 aliphatic carbocycles. The molecule has 22 heavy (non-hydrogen) atoms. The minimum atomic E-state index is -0.893. The molecule has 5 heteroatoms. The van der Waals surface area contributed by atoms with E-state index in [4.69, 9.17) is 11.6 Å². The number of halogens is 1. The maximum atomic E-state index is 12.4. The fraction of sp³-hybridized carbons (Fsp3) is 0.529. The summed E-state index contributed by atoms with van der Waals surface area (Å²) in [7, 11) is 1.75. The van der Waals surface area contributed by atoms with Gasteiger partial charge in [-0.2, -0.15) is 0 Å². The van der Waals surface area contributed by atoms with Gasteiger partial charge in [0.05, 0.1) is 0 Å². The van der Waals surface area contributed by atoms with Crippen molar-refractivity contribution in [3.05, 3.63) is 34.9 Å². The fourth-order valence-electron chi connectivity index (χ4n) is 3.34. The molecule has 118 valence electrons. The van der Waals surface area contributed by atoms with Gasteiger partial charge in [-0.3, -0.25) is 9.59 Å². The SMILES string of the molecule is CN1CCC(C)(C(=O)NC2CC(c3cccc(Cl)c3)C2)C1=O. The van der Waals surface area contributed by atoms with Crippen LogP contribution < -0.4 is 5.32 Å². The Morgan fingerprint density at radius 3 is 2.73 bits per heavy atom. The van der Waals surface area contributed by atoms with Gasteiger partial charge in [-0.15, -0.1) is 0 Å². The molecule has 1 aromatic carbocycles. The van der Waals surface area contributed by atoms with Crippen LogP contribution in [0.5, 0.6) is 0 Å². The van der Waals surface area contributed by atoms with Crippen molar-refractivity contribution in [3.8, 4) is 0 Å². The molecule has 1 heterocycles. The Kier molecular flexibility index (Phi) is 3.89. The van der Waals surface area contributed by atoms with Crippen molar-refractivity contribution in [1.82, 2.24) is 10.2 Å². The zero-order chi connectivity index (χ0) is 15.9. The largest absolute Gasteiger partial charge is 0.352 e. The van der Waals surface area contributed by atoms with Gasteiger partial charge < -0.3 is 10.2 Å². The molecule has 2 fully saturated rings. The number of hydrogen-bond acceptors (Lipinski definition) is 2. The van der Waals surface area contributed by atoms with Gasteiger partial charge >= 0.3 is 0 Å². The van der Waals surface area contributed by atoms with E-state index >= 15 is 0 Å². The number of amides is 2. The summed E-state index contributed by atoms with van der Waals surface area (Å²) in [5.41, 5.74) is 0.330. The van der Waals surface area contributed by atoms with Crippen LogP contribution in [0.25, 0.3) is 0 Å². The van der Waals surface area contributed by atoms with Crippen LogP contribution in [-0.4, -0.2) is 36.3 Å². The van der Waals surface area contributed by atoms with Crippen molar-refractivity contribution in [1.29, 1.82) is 0 Å². The van der Waals surface area contributed by atoms with Crippen LogP contribution in [0.2, 0.25) is 5.02 Å². The van der Waals surface area contributed by atoms with Crippen LogP contribution in [0.15, 0.2) is 24.3 Å². The van der Waals surface area contributed by atoms with Crippen molar-refractivity contribution in [3.63, 3.8) is 0 Å². The third-order valence-corrected chi connectivity index (χ3v) is 5.30. The van der Waals surface area contributed by atoms with E-state index in [-0.39, 0.29) is 17.9 Å². The zero-order valence-corrected chi connectivity index (χ0v) is 13.7. The van der Waals surface area contributed by atoms with Gasteiger partial charge in [-0.05, 0) is 49.8 Å². The number of hydrogen-bond donors (Lipinski definition) is 1. The molecule has 1 saturated carbocycles. The summed E-state index contributed by atoms with van der Waals surface area (Å²) in [5.74, 6) is 0.242. The number of nitrogens with zero attached hydrogens (tertiary/aromatic N) is 1. The van der Waals surface area contributed by atoms with E-state index in [2.05, 4.69) is 11.4 Å². The predicted octanol–water partition coefficient (Wildman–Crippen LogP) is 2.57. The summed E-state index contributed by atoms with van der Waals surface area (Å²) < 4.78 is 0. The first kappa shape index (κ1) is 15.3. The molecule has 1 saturated heterocycles. The molecule has 3 rings (SSSR count). The third-order valence-electron chi connectivity index (χ3n) is 5.06. The Morgan fingerprint density at radius 1 is 1.41 bits per heavy atom. The standard InChI is InChI=1S/C17H21ClN2O2/c1-17(6-7-20(2)16(17)22)15(21)19-14-9-12(10-14)11-4-3-5-13(18)8-11/h3-5,8,12,14H,6-7,9-10H2,1-2H3,(H,19,21). The van der Waals surface area contributed by atoms with Crippen molar-refractivity contribution in [2.75, 3.05) is 13.6 Å². The van der Waals surface area contributed by atoms with Gasteiger partial charge in [-0.1, -0.05) is 23.7 Å². The van der Waals surface area contributed by atoms with Crippen molar-refractivity contribution in [2.45, 2.75) is 38.1 Å². The van der Waals surface area contributed by atoms with E-state index < -0.39 is 5.41 Å². The lowest BCUT2D eigenvalue weighted by molar-refractivity contribution is -0.144. The lowest BCUT2D eigenvalue weighted by atomic mass is 9.75. The minimum absolute atomic E-state index is 0.0734. The normalized spacial score (nSPS) is 31.0. The first-order valence-corrected chi connectivity index (χ1v) is 8.10. The van der Waals surface area contributed by atoms with E-state index in [0.29, 0.717) is 18.9 Å². The van der Waals surface area contributed by atoms with Gasteiger partial charge in [0.1, 0.15) is 5.41 Å². The maximum absolute atomic E-state index is 12.4. The summed E-state index contributed by atoms with van der Waals surface area (Å²) in [4.78, 5) is 26.2. The molecule has 0 aromatic heterocycles. The highest BCUT2D eigenvalue weighted by molar-refractivity contribution is 6.30. The first-order chi connectivity index (χ1) is 10.4. The van der Waals surface area contributed by atoms with Crippen molar-refractivity contribution in [2.24, 2.45) is 5.41 Å². The molecule has 0 spiro atoms. The van der Waals surface area contributed by atoms with Gasteiger partial charge in [0.15, 0.2) is 0 Å². The molecule has 0 radical (unpaired) electrons. The molecular weight excluding hydrogens is 300 g/mol. The Balaban J connectivity index is 1.56. The monoisotopic (exact) mass is 320 g/mol. The van der Waals surface area contributed by atoms with Gasteiger partial charge in [-0.25, -0.2) is 0 Å². The predicted molar refractivity (Wildman–Crippen MR) is 85.7 cm³/mol. The average molecular weight is 321 g/mol. The third kappa shape index (κ3) is 2.60. The van der Waals surface area contributed by atoms with Crippen LogP contribution >= 0.6 is 11.6 Å². The number of nitrogens with one attached hydrogen (secondary N) is 1. The Morgan fingerprint density at radius 2 is 2.14 bits per heavy atom. The lowest BCUT2D eigenvalue weighted by Crippen LogP contribution is -2.51. The lowest BCUT2D eigenvalue weighted by Gasteiger charge is -2.37. The summed E-state index contributed by atoms with van der Waals surface area (Å²) in [6.07, 6.45) is 2.41. The molecule has 0 bridgehead atoms. The highest BCUT2D eigenvalue weighted by atomic mass is 35.5. The number of likely N-dealkylation sites (tertiary alicyclic amines) is 1. The summed E-state index contributed by atoms with van der Waals surface area (Å²) in [5, 5.41) is 3.79. The Bertz CT molecular complexity index is 612. The van der Waals surface area contributed by atoms with Crippen LogP contribution in [0.3, 0.4) is 0 Å². The van der Waals surface area contributed by atoms with Gasteiger partial charge in [0.25, 0.3) is 0 Å². The van der Waals surface area contributed by atoms with E-state index in [1.54, 1.807) is 18.9 Å². The second kappa shape index (κ2) is 5.58. The van der Waals surface area contributed by atoms with E-state index in [1.807, 2.05) is 18.2 Å². The van der Waals surface area contributed by atoms with Crippen LogP contribution in [0, 0.1) is 5.41 Å². The van der Waals surface area contributed by atoms with E-state index in [1.165, 1.54) is 5.56 Å². The smallest absolute Gasteiger partial charge is 0.237 e. The van der Waals surface area contributed by atoms with Gasteiger partial charge in [0.2, 0.25) is 11.8 Å². The molecule has 1 atom stereocenters. The van der Waals surface area contributed by atoms with Crippen LogP contribution in [-0.2, 0) is 9.59 Å². The number of carbonyl (C=O) groups is 2. The van der Waals surface area contributed by atoms with E-state index in [9.17, 15) is 9.59 Å². The second-order valence-electron chi connectivity index (χ2n) is 6.70. The average Bonchev–Trinajstić information content (AvgIpc) is 2.71. The number of rotatable bonds is 3. The summed E-state index contributed by atoms with van der Waals surface area (Å²) in [6, 6.07) is 8.04. The highest BCUT2D eigenvalue weighted by Gasteiger charge is 2.48. The molecule has 4 nitrogen and oxygen atoms in total. The Hall–Kier alpha value is -1.55. The molecule has 2 amide bonds. The van der Waals surface area contributed by atoms with E-state index in [0.717, 1.165) is 17.9 Å². The van der Waals surface area contributed by atoms with Crippen molar-refractivity contribution < 1.29 is 9.59 Å². The first-order valence-electron chi connectivity index (χ1n) is 7.72. The summed E-state index contributed by atoms with van der Waals surface area (Å²) >= 11 is 6.01. The quantitative estimate of drug-likeness (QED) is 0.870. The summed E-state index contributed by atoms with van der Waals surface area (Å²) in [6.45, 7) is 2.40. The molecule has 2 aliphatic rings. The minimum Gasteiger partial charge on any atom is -0.352 e. The number of benzene rings is 1. The van der Waals surface area contributed by atoms with Crippen LogP contribution in [0.1, 0.15) is 37.7 Å². The van der Waals surface area contributed by atoms with Gasteiger partial charge in [0, 0.05) is 24.7 Å². The Labute approximate surface area is 135 Å². The molecule has 1 N–H and O–H groups in total. The topological polar surface area (TPSA) is 49.4 Å². The van der Waals surface area contributed by atoms with Crippen LogP contribution in [0.4, 0.5) is 0 Å². The second-order valence-corrected chi connectivity index (χ2v) is 7.14. The molecule has 1 aliphatic heterocycles. The maximum Gasteiger partial charge on any atom is 0.237 e. The molecular formula is C17H21ClN2O2.